The highest BCUT2D eigenvalue weighted by molar-refractivity contribution is 7.80. The number of benzene rings is 1. The number of carbonyl (C=O) groups excluding carboxylic acids is 2. The van der Waals surface area contributed by atoms with Crippen LogP contribution in [0.1, 0.15) is 26.5 Å². The van der Waals surface area contributed by atoms with E-state index >= 15 is 0 Å². The smallest absolute Gasteiger partial charge is 0.573 e. The van der Waals surface area contributed by atoms with Crippen molar-refractivity contribution in [3.05, 3.63) is 47.5 Å². The van der Waals surface area contributed by atoms with Gasteiger partial charge in [-0.25, -0.2) is 4.98 Å². The van der Waals surface area contributed by atoms with Gasteiger partial charge in [-0.15, -0.1) is 13.2 Å². The van der Waals surface area contributed by atoms with Crippen molar-refractivity contribution in [1.82, 2.24) is 19.8 Å². The largest absolute Gasteiger partial charge is 0.755 e. The van der Waals surface area contributed by atoms with E-state index in [-0.39, 0.29) is 43.3 Å². The number of piperazine rings is 1. The van der Waals surface area contributed by atoms with E-state index in [2.05, 4.69) is 14.7 Å². The minimum Gasteiger partial charge on any atom is -0.755 e. The first-order valence-electron chi connectivity index (χ1n) is 9.16. The first-order valence-corrected chi connectivity index (χ1v) is 10.2. The second-order valence-electron chi connectivity index (χ2n) is 6.72. The van der Waals surface area contributed by atoms with E-state index < -0.39 is 35.0 Å². The second kappa shape index (κ2) is 9.48. The number of alkyl halides is 3. The summed E-state index contributed by atoms with van der Waals surface area (Å²) in [6.07, 6.45) is -2.26. The van der Waals surface area contributed by atoms with Gasteiger partial charge in [-0.05, 0) is 25.1 Å². The summed E-state index contributed by atoms with van der Waals surface area (Å²) in [5.74, 6) is -1.79. The summed E-state index contributed by atoms with van der Waals surface area (Å²) in [4.78, 5) is 36.2. The van der Waals surface area contributed by atoms with Crippen LogP contribution in [0.3, 0.4) is 0 Å². The zero-order chi connectivity index (χ0) is 23.5. The first-order chi connectivity index (χ1) is 15.0. The number of hydrogen-bond acceptors (Lipinski definition) is 7. The molecule has 1 aromatic heterocycles. The third-order valence-corrected chi connectivity index (χ3v) is 4.89. The van der Waals surface area contributed by atoms with Crippen molar-refractivity contribution >= 4 is 28.8 Å². The van der Waals surface area contributed by atoms with Crippen LogP contribution in [0.15, 0.2) is 30.6 Å². The molecule has 1 unspecified atom stereocenters. The number of rotatable bonds is 5. The predicted octanol–water partition coefficient (Wildman–Crippen LogP) is 1.49. The number of amides is 2. The Balaban J connectivity index is 1.70. The highest BCUT2D eigenvalue weighted by Crippen LogP contribution is 2.32. The van der Waals surface area contributed by atoms with Gasteiger partial charge in [0, 0.05) is 49.2 Å². The number of aryl methyl sites for hydroxylation is 1. The van der Waals surface area contributed by atoms with Gasteiger partial charge < -0.3 is 23.8 Å². The molecule has 14 heteroatoms. The maximum absolute atomic E-state index is 12.8. The Kier molecular flexibility index (Phi) is 6.93. The zero-order valence-electron chi connectivity index (χ0n) is 16.6. The summed E-state index contributed by atoms with van der Waals surface area (Å²) in [5, 5.41) is 0. The minimum atomic E-state index is -5.09. The van der Waals surface area contributed by atoms with Crippen LogP contribution >= 0.6 is 0 Å². The maximum Gasteiger partial charge on any atom is 0.573 e. The Hall–Kier alpha value is -3.26. The van der Waals surface area contributed by atoms with Gasteiger partial charge in [-0.1, -0.05) is 0 Å². The Morgan fingerprint density at radius 1 is 1.09 bits per heavy atom. The van der Waals surface area contributed by atoms with Crippen molar-refractivity contribution < 1.29 is 36.3 Å². The topological polar surface area (TPSA) is 128 Å². The normalized spacial score (nSPS) is 15.3. The molecule has 1 fully saturated rings. The minimum absolute atomic E-state index is 0.129. The lowest BCUT2D eigenvalue weighted by molar-refractivity contribution is -0.274. The number of aromatic nitrogens is 2. The average molecular weight is 472 g/mol. The molecule has 2 amide bonds. The molecule has 1 aliphatic heterocycles. The van der Waals surface area contributed by atoms with Gasteiger partial charge >= 0.3 is 6.36 Å². The zero-order valence-corrected chi connectivity index (χ0v) is 17.4. The fourth-order valence-electron chi connectivity index (χ4n) is 3.00. The van der Waals surface area contributed by atoms with Crippen molar-refractivity contribution in [2.45, 2.75) is 13.3 Å². The van der Waals surface area contributed by atoms with E-state index in [9.17, 15) is 31.5 Å². The molecule has 1 N–H and O–H groups in total. The van der Waals surface area contributed by atoms with Crippen LogP contribution in [-0.2, 0) is 11.3 Å². The fourth-order valence-corrected chi connectivity index (χ4v) is 3.35. The Bertz CT molecular complexity index is 1030. The van der Waals surface area contributed by atoms with Crippen LogP contribution in [0, 0.1) is 6.92 Å². The maximum atomic E-state index is 12.8. The monoisotopic (exact) mass is 472 g/mol. The van der Waals surface area contributed by atoms with Crippen LogP contribution in [0.4, 0.5) is 18.9 Å². The van der Waals surface area contributed by atoms with E-state index in [1.54, 1.807) is 11.6 Å². The van der Waals surface area contributed by atoms with Gasteiger partial charge in [0.15, 0.2) is 5.75 Å². The van der Waals surface area contributed by atoms with E-state index in [0.717, 1.165) is 12.1 Å². The fraction of sp³-hybridized carbons (Fsp3) is 0.333. The molecule has 1 aliphatic rings. The molecule has 3 rings (SSSR count). The molecule has 0 bridgehead atoms. The van der Waals surface area contributed by atoms with Crippen LogP contribution in [0.25, 0.3) is 0 Å². The summed E-state index contributed by atoms with van der Waals surface area (Å²) >= 11 is -2.89. The van der Waals surface area contributed by atoms with Crippen molar-refractivity contribution in [3.8, 4) is 5.75 Å². The molecule has 2 aromatic rings. The molecule has 0 aliphatic carbocycles. The number of anilines is 1. The molecular formula is C18H17F3N5O5S-. The van der Waals surface area contributed by atoms with Gasteiger partial charge in [0.2, 0.25) is 0 Å². The number of halogens is 3. The lowest BCUT2D eigenvalue weighted by atomic mass is 10.1. The Morgan fingerprint density at radius 3 is 2.25 bits per heavy atom. The average Bonchev–Trinajstić information content (AvgIpc) is 2.73. The molecule has 1 saturated heterocycles. The lowest BCUT2D eigenvalue weighted by Gasteiger charge is -2.34. The molecule has 32 heavy (non-hydrogen) atoms. The van der Waals surface area contributed by atoms with Gasteiger partial charge in [0.05, 0.1) is 17.6 Å². The number of nitrogens with one attached hydrogen (secondary N) is 1. The van der Waals surface area contributed by atoms with Gasteiger partial charge in [0.25, 0.3) is 11.8 Å². The Morgan fingerprint density at radius 2 is 1.72 bits per heavy atom. The molecule has 2 heterocycles. The lowest BCUT2D eigenvalue weighted by Crippen LogP contribution is -2.50. The molecule has 0 radical (unpaired) electrons. The number of ether oxygens (including phenoxy) is 1. The molecule has 10 nitrogen and oxygen atoms in total. The quantitative estimate of drug-likeness (QED) is 0.653. The van der Waals surface area contributed by atoms with Gasteiger partial charge in [0.1, 0.15) is 5.69 Å². The summed E-state index contributed by atoms with van der Waals surface area (Å²) in [6.45, 7) is 2.41. The molecule has 0 saturated carbocycles. The summed E-state index contributed by atoms with van der Waals surface area (Å²) in [5.41, 5.74) is 0.231. The van der Waals surface area contributed by atoms with Crippen molar-refractivity contribution in [2.75, 3.05) is 30.9 Å². The third-order valence-electron chi connectivity index (χ3n) is 4.50. The second-order valence-corrected chi connectivity index (χ2v) is 7.40. The van der Waals surface area contributed by atoms with Crippen LogP contribution < -0.4 is 9.46 Å². The predicted molar refractivity (Wildman–Crippen MR) is 104 cm³/mol. The van der Waals surface area contributed by atoms with E-state index in [1.807, 2.05) is 0 Å². The molecule has 0 spiro atoms. The summed E-state index contributed by atoms with van der Waals surface area (Å²) in [6, 6.07) is 2.99. The van der Waals surface area contributed by atoms with E-state index in [1.165, 1.54) is 28.3 Å². The molecule has 172 valence electrons. The Labute approximate surface area is 182 Å². The standard InChI is InChI=1S/C18H18F3N5O5S/c1-11-9-23-14(10-22-11)17(28)26-6-4-25(5-7-26)16(27)12-2-3-13(24-32(29)30)15(8-12)31-18(19,20)21/h2-3,8-10,24H,4-7H2,1H3,(H,29,30)/p-1. The van der Waals surface area contributed by atoms with Crippen LogP contribution in [0.5, 0.6) is 5.75 Å². The third kappa shape index (κ3) is 5.91. The van der Waals surface area contributed by atoms with Crippen LogP contribution in [0.2, 0.25) is 0 Å². The van der Waals surface area contributed by atoms with Gasteiger partial charge in [-0.3, -0.25) is 18.8 Å². The molecule has 1 aromatic carbocycles. The van der Waals surface area contributed by atoms with Crippen molar-refractivity contribution in [1.29, 1.82) is 0 Å². The highest BCUT2D eigenvalue weighted by Gasteiger charge is 2.33. The molecule has 1 atom stereocenters. The molecular weight excluding hydrogens is 455 g/mol. The number of hydrogen-bond donors (Lipinski definition) is 1. The van der Waals surface area contributed by atoms with Crippen molar-refractivity contribution in [2.24, 2.45) is 0 Å². The van der Waals surface area contributed by atoms with Crippen molar-refractivity contribution in [3.63, 3.8) is 0 Å². The van der Waals surface area contributed by atoms with Crippen LogP contribution in [-0.4, -0.2) is 72.9 Å². The van der Waals surface area contributed by atoms with Gasteiger partial charge in [-0.2, -0.15) is 0 Å². The SMILES string of the molecule is Cc1cnc(C(=O)N2CCN(C(=O)c3ccc(NS(=O)[O-])c(OC(F)(F)F)c3)CC2)cn1. The number of nitrogens with zero attached hydrogens (tertiary/aromatic N) is 4. The first kappa shape index (κ1) is 23.4. The van der Waals surface area contributed by atoms with E-state index in [4.69, 9.17) is 0 Å². The summed E-state index contributed by atoms with van der Waals surface area (Å²) in [7, 11) is 0. The number of carbonyl (C=O) groups is 2. The summed E-state index contributed by atoms with van der Waals surface area (Å²) < 4.78 is 65.3. The van der Waals surface area contributed by atoms with E-state index in [0.29, 0.717) is 5.69 Å². The highest BCUT2D eigenvalue weighted by atomic mass is 32.2.